The van der Waals surface area contributed by atoms with E-state index in [1.807, 2.05) is 53.7 Å². The number of likely N-dealkylation sites (N-methyl/N-ethyl adjacent to an activating group) is 1. The first-order valence-corrected chi connectivity index (χ1v) is 16.9. The Hall–Kier alpha value is -5.72. The third-order valence-electron chi connectivity index (χ3n) is 7.46. The third-order valence-corrected chi connectivity index (χ3v) is 7.46. The molecule has 0 bridgehead atoms. The summed E-state index contributed by atoms with van der Waals surface area (Å²) in [7, 11) is 0. The number of aryl methyl sites for hydroxylation is 3. The van der Waals surface area contributed by atoms with E-state index >= 15 is 0 Å². The van der Waals surface area contributed by atoms with E-state index in [2.05, 4.69) is 79.1 Å². The van der Waals surface area contributed by atoms with Crippen LogP contribution in [0.3, 0.4) is 0 Å². The van der Waals surface area contributed by atoms with Gasteiger partial charge in [0.05, 0.1) is 0 Å². The number of hydrogen-bond donors (Lipinski definition) is 5. The molecule has 0 spiro atoms. The molecule has 7 N–H and O–H groups in total. The van der Waals surface area contributed by atoms with Crippen molar-refractivity contribution >= 4 is 35.9 Å². The van der Waals surface area contributed by atoms with E-state index in [0.29, 0.717) is 45.2 Å². The van der Waals surface area contributed by atoms with Gasteiger partial charge in [0.2, 0.25) is 35.9 Å². The Morgan fingerprint density at radius 1 is 0.885 bits per heavy atom. The lowest BCUT2D eigenvalue weighted by atomic mass is 9.99. The van der Waals surface area contributed by atoms with Crippen molar-refractivity contribution in [3.63, 3.8) is 0 Å². The average Bonchev–Trinajstić information content (AvgIpc) is 3.67. The minimum absolute atomic E-state index is 0.0462. The van der Waals surface area contributed by atoms with Crippen LogP contribution in [-0.4, -0.2) is 72.1 Å². The Morgan fingerprint density at radius 2 is 1.40 bits per heavy atom. The summed E-state index contributed by atoms with van der Waals surface area (Å²) in [5, 5.41) is 8.25. The van der Waals surface area contributed by atoms with Crippen molar-refractivity contribution in [2.45, 2.75) is 112 Å². The number of terminal acetylenes is 4. The van der Waals surface area contributed by atoms with Gasteiger partial charge in [0, 0.05) is 25.4 Å². The topological polar surface area (TPSA) is 194 Å². The Morgan fingerprint density at radius 3 is 1.87 bits per heavy atom. The quantitative estimate of drug-likeness (QED) is 0.145. The zero-order valence-corrected chi connectivity index (χ0v) is 32.2. The normalized spacial score (nSPS) is 13.4. The Balaban J connectivity index is -0.000000504. The maximum absolute atomic E-state index is 13.5. The molecule has 1 aliphatic rings. The lowest BCUT2D eigenvalue weighted by molar-refractivity contribution is -0.142. The summed E-state index contributed by atoms with van der Waals surface area (Å²) in [6.45, 7) is 14.4. The zero-order valence-electron chi connectivity index (χ0n) is 32.2. The number of carbonyl (C=O) groups excluding carboxylic acids is 6. The van der Waals surface area contributed by atoms with Crippen LogP contribution in [-0.2, 0) is 35.2 Å². The molecule has 12 nitrogen and oxygen atoms in total. The molecule has 0 aromatic heterocycles. The molecule has 1 saturated heterocycles. The first kappa shape index (κ1) is 55.7. The smallest absolute Gasteiger partial charge is 0.243 e. The summed E-state index contributed by atoms with van der Waals surface area (Å²) in [4.78, 5) is 73.9. The Labute approximate surface area is 313 Å². The van der Waals surface area contributed by atoms with Gasteiger partial charge in [-0.15, -0.1) is 51.4 Å². The first-order chi connectivity index (χ1) is 24.9. The van der Waals surface area contributed by atoms with Crippen molar-refractivity contribution in [3.05, 3.63) is 34.9 Å². The van der Waals surface area contributed by atoms with Crippen LogP contribution in [0.5, 0.6) is 0 Å². The fraction of sp³-hybridized carbons (Fsp3) is 0.500. The molecule has 1 aromatic carbocycles. The van der Waals surface area contributed by atoms with E-state index in [9.17, 15) is 24.0 Å². The monoisotopic (exact) mass is 722 g/mol. The number of carbonyl (C=O) groups is 6. The zero-order chi connectivity index (χ0) is 41.8. The molecule has 12 heteroatoms. The van der Waals surface area contributed by atoms with E-state index in [1.54, 1.807) is 11.8 Å². The van der Waals surface area contributed by atoms with E-state index in [1.165, 1.54) is 0 Å². The Bertz CT molecular complexity index is 1250. The summed E-state index contributed by atoms with van der Waals surface area (Å²) < 4.78 is 0. The maximum atomic E-state index is 13.5. The van der Waals surface area contributed by atoms with E-state index in [4.69, 9.17) is 10.5 Å². The SMILES string of the molecule is C#C.C#C.C#C.C#C.CC.CCNC(=O)[C@H](CCC(N)=O)NC(=O)[C@H](CCc1ccc(C)c(C)c1)NC(=O)[C@@H]1CCCN1C(=O)C(C)CC.NC=O. The van der Waals surface area contributed by atoms with Gasteiger partial charge in [0.25, 0.3) is 0 Å². The van der Waals surface area contributed by atoms with Gasteiger partial charge in [0.1, 0.15) is 18.1 Å². The number of nitrogens with zero attached hydrogens (tertiary/aromatic N) is 1. The van der Waals surface area contributed by atoms with Gasteiger partial charge in [-0.3, -0.25) is 28.8 Å². The predicted octanol–water partition coefficient (Wildman–Crippen LogP) is 2.77. The molecule has 1 fully saturated rings. The number of rotatable bonds is 14. The van der Waals surface area contributed by atoms with Crippen LogP contribution in [0.1, 0.15) is 89.8 Å². The van der Waals surface area contributed by atoms with Crippen molar-refractivity contribution in [1.29, 1.82) is 0 Å². The fourth-order valence-corrected chi connectivity index (χ4v) is 4.69. The van der Waals surface area contributed by atoms with Gasteiger partial charge in [-0.25, -0.2) is 0 Å². The summed E-state index contributed by atoms with van der Waals surface area (Å²) in [6, 6.07) is 3.51. The fourth-order valence-electron chi connectivity index (χ4n) is 4.69. The summed E-state index contributed by atoms with van der Waals surface area (Å²) in [5.41, 5.74) is 12.8. The molecule has 1 heterocycles. The summed E-state index contributed by atoms with van der Waals surface area (Å²) in [5.74, 6) is -2.15. The highest BCUT2D eigenvalue weighted by Crippen LogP contribution is 2.22. The van der Waals surface area contributed by atoms with E-state index in [-0.39, 0.29) is 37.0 Å². The number of amides is 6. The molecule has 52 heavy (non-hydrogen) atoms. The van der Waals surface area contributed by atoms with Crippen LogP contribution in [0.2, 0.25) is 0 Å². The van der Waals surface area contributed by atoms with Crippen LogP contribution in [0.25, 0.3) is 0 Å². The highest BCUT2D eigenvalue weighted by molar-refractivity contribution is 5.94. The van der Waals surface area contributed by atoms with Gasteiger partial charge in [-0.05, 0) is 76.0 Å². The molecule has 1 aliphatic heterocycles. The number of likely N-dealkylation sites (tertiary alicyclic amines) is 1. The number of primary amides is 2. The molecule has 4 atom stereocenters. The van der Waals surface area contributed by atoms with Crippen LogP contribution in [0.4, 0.5) is 0 Å². The highest BCUT2D eigenvalue weighted by atomic mass is 16.2. The van der Waals surface area contributed by atoms with Crippen LogP contribution in [0.15, 0.2) is 18.2 Å². The lowest BCUT2D eigenvalue weighted by Gasteiger charge is -2.29. The van der Waals surface area contributed by atoms with Gasteiger partial charge < -0.3 is 32.3 Å². The molecule has 2 rings (SSSR count). The minimum Gasteiger partial charge on any atom is -0.372 e. The third kappa shape index (κ3) is 22.8. The van der Waals surface area contributed by atoms with Crippen LogP contribution < -0.4 is 27.4 Å². The van der Waals surface area contributed by atoms with Crippen molar-refractivity contribution < 1.29 is 28.8 Å². The summed E-state index contributed by atoms with van der Waals surface area (Å²) in [6.07, 6.45) is 35.0. The maximum Gasteiger partial charge on any atom is 0.243 e. The summed E-state index contributed by atoms with van der Waals surface area (Å²) >= 11 is 0. The van der Waals surface area contributed by atoms with Gasteiger partial charge in [-0.2, -0.15) is 0 Å². The Kier molecular flexibility index (Phi) is 39.1. The molecule has 288 valence electrons. The van der Waals surface area contributed by atoms with Crippen molar-refractivity contribution in [2.75, 3.05) is 13.1 Å². The van der Waals surface area contributed by atoms with Crippen molar-refractivity contribution in [3.8, 4) is 51.4 Å². The van der Waals surface area contributed by atoms with Crippen molar-refractivity contribution in [1.82, 2.24) is 20.9 Å². The molecular weight excluding hydrogens is 660 g/mol. The van der Waals surface area contributed by atoms with E-state index < -0.39 is 35.8 Å². The highest BCUT2D eigenvalue weighted by Gasteiger charge is 2.37. The molecule has 0 radical (unpaired) electrons. The second-order valence-electron chi connectivity index (χ2n) is 10.6. The van der Waals surface area contributed by atoms with Crippen molar-refractivity contribution in [2.24, 2.45) is 17.4 Å². The molecule has 0 saturated carbocycles. The lowest BCUT2D eigenvalue weighted by Crippen LogP contribution is -2.56. The van der Waals surface area contributed by atoms with Crippen LogP contribution in [0, 0.1) is 71.2 Å². The molecule has 1 aromatic rings. The minimum atomic E-state index is -0.971. The predicted molar refractivity (Wildman–Crippen MR) is 211 cm³/mol. The average molecular weight is 723 g/mol. The molecule has 6 amide bonds. The second kappa shape index (κ2) is 36.6. The number of benzene rings is 1. The van der Waals surface area contributed by atoms with Gasteiger partial charge in [-0.1, -0.05) is 45.9 Å². The largest absolute Gasteiger partial charge is 0.372 e. The first-order valence-electron chi connectivity index (χ1n) is 16.9. The number of nitrogens with two attached hydrogens (primary N) is 2. The molecular formula is C40H62N6O6. The number of nitrogens with one attached hydrogen (secondary N) is 3. The molecule has 1 unspecified atom stereocenters. The van der Waals surface area contributed by atoms with E-state index in [0.717, 1.165) is 16.7 Å². The second-order valence-corrected chi connectivity index (χ2v) is 10.6. The van der Waals surface area contributed by atoms with Crippen LogP contribution >= 0.6 is 0 Å². The molecule has 0 aliphatic carbocycles. The van der Waals surface area contributed by atoms with Gasteiger partial charge in [0.15, 0.2) is 0 Å². The van der Waals surface area contributed by atoms with Gasteiger partial charge >= 0.3 is 0 Å². The standard InChI is InChI=1S/C29H45N5O5.C2H6.4C2H2.CH3NO/c1-6-18(3)29(39)34-16-8-9-24(34)28(38)33-23(13-12-21-11-10-19(4)20(5)17-21)27(37)32-22(14-15-25(30)35)26(36)31-7-2;5*1-2;2-1-3/h10-11,17-18,22-24H,6-9,12-16H2,1-5H3,(H2,30,35)(H,31,36)(H,32,37)(H,33,38);1-2H3;4*1-2H;1H,(H2,2,3)/t18?,22-,23-,24-;;;;;;/m0....../s1. The number of hydrogen-bond acceptors (Lipinski definition) is 6.